The number of hydrazone groups is 1. The van der Waals surface area contributed by atoms with Gasteiger partial charge in [0.05, 0.1) is 17.9 Å². The maximum Gasteiger partial charge on any atom is 0.335 e. The number of rotatable bonds is 5. The quantitative estimate of drug-likeness (QED) is 0.483. The first-order chi connectivity index (χ1) is 16.8. The zero-order chi connectivity index (χ0) is 25.4. The Labute approximate surface area is 204 Å². The number of aliphatic hydroxyl groups excluding tert-OH is 1. The Kier molecular flexibility index (Phi) is 8.97. The molecule has 1 saturated heterocycles. The first kappa shape index (κ1) is 25.9. The summed E-state index contributed by atoms with van der Waals surface area (Å²) < 4.78 is 1.08. The van der Waals surface area contributed by atoms with Crippen LogP contribution in [0.3, 0.4) is 0 Å². The van der Waals surface area contributed by atoms with Gasteiger partial charge in [0.2, 0.25) is 5.88 Å². The molecule has 0 aliphatic carbocycles. The van der Waals surface area contributed by atoms with E-state index in [1.54, 1.807) is 32.2 Å². The van der Waals surface area contributed by atoms with Gasteiger partial charge in [-0.3, -0.25) is 19.8 Å². The number of pyridine rings is 1. The van der Waals surface area contributed by atoms with Crippen LogP contribution in [0.25, 0.3) is 5.69 Å². The Morgan fingerprint density at radius 1 is 1.20 bits per heavy atom. The third-order valence-corrected chi connectivity index (χ3v) is 5.60. The lowest BCUT2D eigenvalue weighted by Gasteiger charge is -2.33. The van der Waals surface area contributed by atoms with Crippen molar-refractivity contribution in [3.8, 4) is 11.6 Å². The lowest BCUT2D eigenvalue weighted by atomic mass is 9.98. The minimum atomic E-state index is -0.699. The van der Waals surface area contributed by atoms with Gasteiger partial charge in [0.15, 0.2) is 0 Å². The summed E-state index contributed by atoms with van der Waals surface area (Å²) in [4.78, 5) is 31.3. The molecule has 1 fully saturated rings. The highest BCUT2D eigenvalue weighted by Gasteiger charge is 2.23. The number of nitrogens with zero attached hydrogens (tertiary/aromatic N) is 4. The molecule has 3 N–H and O–H groups in total. The number of nitrogens with one attached hydrogen (secondary N) is 1. The number of aromatic amines is 1. The monoisotopic (exact) mass is 479 g/mol. The lowest BCUT2D eigenvalue weighted by molar-refractivity contribution is 0.156. The van der Waals surface area contributed by atoms with E-state index in [-0.39, 0.29) is 17.7 Å². The molecule has 186 valence electrons. The number of H-pyrrole nitrogens is 1. The zero-order valence-corrected chi connectivity index (χ0v) is 20.4. The second-order valence-electron chi connectivity index (χ2n) is 8.65. The molecule has 0 saturated carbocycles. The number of piperidine rings is 1. The molecule has 0 radical (unpaired) electrons. The molecule has 1 aliphatic rings. The average molecular weight is 480 g/mol. The van der Waals surface area contributed by atoms with Crippen LogP contribution in [0.5, 0.6) is 5.88 Å². The number of aromatic hydroxyl groups is 1. The fraction of sp³-hybridized carbons (Fsp3) is 0.385. The van der Waals surface area contributed by atoms with Crippen LogP contribution in [-0.4, -0.2) is 48.6 Å². The van der Waals surface area contributed by atoms with Gasteiger partial charge in [0.1, 0.15) is 5.56 Å². The van der Waals surface area contributed by atoms with Crippen LogP contribution in [0.4, 0.5) is 0 Å². The largest absolute Gasteiger partial charge is 0.493 e. The Morgan fingerprint density at radius 2 is 1.91 bits per heavy atom. The van der Waals surface area contributed by atoms with Gasteiger partial charge in [-0.1, -0.05) is 25.1 Å². The van der Waals surface area contributed by atoms with Crippen molar-refractivity contribution in [3.63, 3.8) is 0 Å². The zero-order valence-electron chi connectivity index (χ0n) is 20.4. The molecule has 35 heavy (non-hydrogen) atoms. The van der Waals surface area contributed by atoms with Crippen molar-refractivity contribution in [2.75, 3.05) is 6.54 Å². The average Bonchev–Trinajstić information content (AvgIpc) is 2.84. The molecule has 0 spiro atoms. The predicted molar refractivity (Wildman–Crippen MR) is 136 cm³/mol. The number of aromatic nitrogens is 3. The highest BCUT2D eigenvalue weighted by atomic mass is 16.3. The van der Waals surface area contributed by atoms with E-state index in [2.05, 4.69) is 15.1 Å². The number of hydrogen-bond acceptors (Lipinski definition) is 7. The molecule has 0 amide bonds. The van der Waals surface area contributed by atoms with Crippen molar-refractivity contribution in [2.24, 2.45) is 5.10 Å². The van der Waals surface area contributed by atoms with E-state index in [9.17, 15) is 14.7 Å². The van der Waals surface area contributed by atoms with Crippen LogP contribution in [-0.2, 0) is 6.42 Å². The third-order valence-electron chi connectivity index (χ3n) is 5.60. The van der Waals surface area contributed by atoms with Crippen LogP contribution >= 0.6 is 0 Å². The van der Waals surface area contributed by atoms with Crippen LogP contribution in [0, 0.1) is 0 Å². The maximum absolute atomic E-state index is 12.4. The summed E-state index contributed by atoms with van der Waals surface area (Å²) in [6, 6.07) is 11.2. The second kappa shape index (κ2) is 12.1. The molecular weight excluding hydrogens is 446 g/mol. The first-order valence-corrected chi connectivity index (χ1v) is 11.9. The number of hydrogen-bond donors (Lipinski definition) is 3. The van der Waals surface area contributed by atoms with Crippen molar-refractivity contribution < 1.29 is 10.2 Å². The van der Waals surface area contributed by atoms with Gasteiger partial charge in [0, 0.05) is 25.0 Å². The van der Waals surface area contributed by atoms with Gasteiger partial charge in [-0.2, -0.15) is 5.10 Å². The number of aliphatic hydroxyl groups is 1. The molecule has 1 aliphatic heterocycles. The first-order valence-electron chi connectivity index (χ1n) is 11.9. The van der Waals surface area contributed by atoms with Crippen molar-refractivity contribution in [1.82, 2.24) is 19.5 Å². The summed E-state index contributed by atoms with van der Waals surface area (Å²) in [5.74, 6) is -0.434. The fourth-order valence-electron chi connectivity index (χ4n) is 3.87. The predicted octanol–water partition coefficient (Wildman–Crippen LogP) is 3.14. The summed E-state index contributed by atoms with van der Waals surface area (Å²) in [6.07, 6.45) is 8.57. The normalized spacial score (nSPS) is 15.8. The van der Waals surface area contributed by atoms with E-state index < -0.39 is 17.1 Å². The molecule has 4 rings (SSSR count). The summed E-state index contributed by atoms with van der Waals surface area (Å²) in [7, 11) is 0. The Morgan fingerprint density at radius 3 is 2.54 bits per heavy atom. The van der Waals surface area contributed by atoms with Gasteiger partial charge >= 0.3 is 5.69 Å². The van der Waals surface area contributed by atoms with Gasteiger partial charge < -0.3 is 10.2 Å². The smallest absolute Gasteiger partial charge is 0.335 e. The Bertz CT molecular complexity index is 1230. The van der Waals surface area contributed by atoms with Crippen molar-refractivity contribution >= 4 is 6.21 Å². The van der Waals surface area contributed by atoms with Crippen molar-refractivity contribution in [1.29, 1.82) is 0 Å². The van der Waals surface area contributed by atoms with Crippen molar-refractivity contribution in [2.45, 2.75) is 58.6 Å². The van der Waals surface area contributed by atoms with Crippen LogP contribution in [0.2, 0.25) is 0 Å². The highest BCUT2D eigenvalue weighted by Crippen LogP contribution is 2.30. The topological polar surface area (TPSA) is 124 Å². The van der Waals surface area contributed by atoms with Crippen LogP contribution in [0.15, 0.2) is 63.5 Å². The number of aryl methyl sites for hydroxylation is 1. The van der Waals surface area contributed by atoms with E-state index in [0.29, 0.717) is 5.69 Å². The maximum atomic E-state index is 12.4. The molecule has 0 bridgehead atoms. The van der Waals surface area contributed by atoms with E-state index >= 15 is 0 Å². The molecule has 3 aromatic rings. The van der Waals surface area contributed by atoms with Gasteiger partial charge in [0.25, 0.3) is 5.56 Å². The SMILES string of the molecule is CC(C)O.CCc1ccc(-n2c(O)c(/C=N/N3CCCCC3c3cccnc3)c(=O)[nH]c2=O)cc1. The summed E-state index contributed by atoms with van der Waals surface area (Å²) in [5, 5.41) is 25.2. The summed E-state index contributed by atoms with van der Waals surface area (Å²) in [5.41, 5.74) is 1.19. The highest BCUT2D eigenvalue weighted by molar-refractivity contribution is 5.82. The molecule has 9 nitrogen and oxygen atoms in total. The fourth-order valence-corrected chi connectivity index (χ4v) is 3.87. The van der Waals surface area contributed by atoms with Gasteiger partial charge in [-0.05, 0) is 68.9 Å². The molecule has 2 aromatic heterocycles. The van der Waals surface area contributed by atoms with E-state index in [1.165, 1.54) is 6.21 Å². The van der Waals surface area contributed by atoms with E-state index in [1.807, 2.05) is 42.4 Å². The minimum Gasteiger partial charge on any atom is -0.493 e. The molecule has 9 heteroatoms. The molecule has 1 unspecified atom stereocenters. The number of benzene rings is 1. The summed E-state index contributed by atoms with van der Waals surface area (Å²) >= 11 is 0. The van der Waals surface area contributed by atoms with Crippen LogP contribution in [0.1, 0.15) is 62.8 Å². The second-order valence-corrected chi connectivity index (χ2v) is 8.65. The molecule has 1 aromatic carbocycles. The van der Waals surface area contributed by atoms with Gasteiger partial charge in [-0.25, -0.2) is 9.36 Å². The molecule has 3 heterocycles. The van der Waals surface area contributed by atoms with E-state index in [4.69, 9.17) is 5.11 Å². The Hall–Kier alpha value is -3.72. The van der Waals surface area contributed by atoms with Crippen molar-refractivity contribution in [3.05, 3.63) is 86.3 Å². The Balaban J connectivity index is 0.000000795. The third kappa shape index (κ3) is 6.66. The minimum absolute atomic E-state index is 0.0485. The molecule has 1 atom stereocenters. The van der Waals surface area contributed by atoms with Crippen LogP contribution < -0.4 is 11.2 Å². The molecular formula is C26H33N5O4. The van der Waals surface area contributed by atoms with Gasteiger partial charge in [-0.15, -0.1) is 0 Å². The lowest BCUT2D eigenvalue weighted by Crippen LogP contribution is -2.32. The summed E-state index contributed by atoms with van der Waals surface area (Å²) in [6.45, 7) is 6.21. The standard InChI is InChI=1S/C23H25N5O3.C3H8O/c1-2-16-8-10-18(11-9-16)28-22(30)19(21(29)26-23(28)31)15-25-27-13-4-3-7-20(27)17-6-5-12-24-14-17;1-3(2)4/h5-6,8-12,14-15,20,30H,2-4,7,13H2,1H3,(H,26,29,31);3-4H,1-2H3/b25-15+;. The van der Waals surface area contributed by atoms with E-state index in [0.717, 1.165) is 47.9 Å².